The molecule has 2 fully saturated rings. The molecule has 3 aromatic carbocycles. The largest absolute Gasteiger partial charge is 0.390 e. The average molecular weight is 817 g/mol. The first-order valence-corrected chi connectivity index (χ1v) is 20.9. The highest BCUT2D eigenvalue weighted by molar-refractivity contribution is 5.93. The summed E-state index contributed by atoms with van der Waals surface area (Å²) in [5.41, 5.74) is 7.79. The third kappa shape index (κ3) is 9.44. The van der Waals surface area contributed by atoms with E-state index in [1.54, 1.807) is 6.07 Å². The molecule has 0 aliphatic carbocycles. The first-order chi connectivity index (χ1) is 29.3. The van der Waals surface area contributed by atoms with Crippen molar-refractivity contribution in [1.29, 1.82) is 0 Å². The number of aliphatic hydroxyl groups is 2. The Morgan fingerprint density at radius 1 is 0.817 bits per heavy atom. The zero-order chi connectivity index (χ0) is 41.0. The number of β-amino-alcohol motifs (C(OH)–C–C–N with tert-alkyl or cyclic N) is 2. The highest BCUT2D eigenvalue weighted by atomic mass is 16.5. The number of aryl methyl sites for hydroxylation is 1. The van der Waals surface area contributed by atoms with Crippen LogP contribution < -0.4 is 20.9 Å². The fourth-order valence-corrected chi connectivity index (χ4v) is 8.44. The van der Waals surface area contributed by atoms with Gasteiger partial charge in [-0.25, -0.2) is 9.97 Å². The number of rotatable bonds is 16. The van der Waals surface area contributed by atoms with E-state index in [1.165, 1.54) is 22.3 Å². The summed E-state index contributed by atoms with van der Waals surface area (Å²) in [6.07, 6.45) is -1.15. The summed E-state index contributed by atoms with van der Waals surface area (Å²) >= 11 is 0. The standard InChI is InChI=1S/C44H52N10O6/c55-33(23-52-19-28-6-1-2-7-29(28)20-52)17-45-41(57)13-12-39-48-36-11-5-10-35(42(36)50-39)38-25-54(14-15-60-38)44-49-37(16-40(51-44)47-32-26-59-27-32)43(58)46-18-34(56)24-53-21-30-8-3-4-9-31(30)22-53/h1-11,16,32-34,38,55-56H,12-15,17-27H2,(H,45,57)(H,46,58)(H,48,50)(H,47,49,51)/t33?,34-,38?/m0/s1. The third-order valence-electron chi connectivity index (χ3n) is 11.6. The van der Waals surface area contributed by atoms with Gasteiger partial charge in [0.25, 0.3) is 5.91 Å². The minimum atomic E-state index is -0.750. The Hall–Kier alpha value is -5.49. The lowest BCUT2D eigenvalue weighted by Gasteiger charge is -2.34. The van der Waals surface area contributed by atoms with Crippen LogP contribution in [0, 0.1) is 0 Å². The number of carbonyl (C=O) groups excluding carboxylic acids is 2. The highest BCUT2D eigenvalue weighted by Crippen LogP contribution is 2.31. The predicted octanol–water partition coefficient (Wildman–Crippen LogP) is 2.27. The average Bonchev–Trinajstić information content (AvgIpc) is 3.98. The molecule has 9 rings (SSSR count). The smallest absolute Gasteiger partial charge is 0.270 e. The van der Waals surface area contributed by atoms with Crippen LogP contribution in [0.15, 0.2) is 72.8 Å². The number of aromatic amines is 1. The maximum Gasteiger partial charge on any atom is 0.270 e. The zero-order valence-corrected chi connectivity index (χ0v) is 33.6. The molecule has 2 unspecified atom stereocenters. The number of hydrogen-bond acceptors (Lipinski definition) is 13. The lowest BCUT2D eigenvalue weighted by atomic mass is 10.1. The molecule has 16 heteroatoms. The molecule has 2 saturated heterocycles. The van der Waals surface area contributed by atoms with E-state index < -0.39 is 18.1 Å². The Balaban J connectivity index is 0.806. The first kappa shape index (κ1) is 39.9. The minimum Gasteiger partial charge on any atom is -0.390 e. The molecule has 2 amide bonds. The summed E-state index contributed by atoms with van der Waals surface area (Å²) in [5, 5.41) is 30.6. The van der Waals surface area contributed by atoms with Crippen molar-refractivity contribution in [3.05, 3.63) is 112 Å². The second-order valence-corrected chi connectivity index (χ2v) is 16.2. The van der Waals surface area contributed by atoms with Gasteiger partial charge < -0.3 is 45.5 Å². The molecule has 0 radical (unpaired) electrons. The molecule has 6 N–H and O–H groups in total. The molecule has 60 heavy (non-hydrogen) atoms. The van der Waals surface area contributed by atoms with E-state index in [-0.39, 0.29) is 43.3 Å². The van der Waals surface area contributed by atoms with Gasteiger partial charge in [0.1, 0.15) is 23.4 Å². The van der Waals surface area contributed by atoms with Crippen LogP contribution in [-0.2, 0) is 46.9 Å². The van der Waals surface area contributed by atoms with E-state index in [1.807, 2.05) is 47.4 Å². The second-order valence-electron chi connectivity index (χ2n) is 16.2. The van der Waals surface area contributed by atoms with Gasteiger partial charge in [0.2, 0.25) is 11.9 Å². The Morgan fingerprint density at radius 2 is 1.47 bits per heavy atom. The Bertz CT molecular complexity index is 2270. The van der Waals surface area contributed by atoms with Crippen molar-refractivity contribution >= 4 is 34.6 Å². The van der Waals surface area contributed by atoms with Crippen LogP contribution in [0.1, 0.15) is 56.7 Å². The number of hydrogen-bond donors (Lipinski definition) is 6. The van der Waals surface area contributed by atoms with Gasteiger partial charge in [-0.3, -0.25) is 19.4 Å². The number of nitrogens with one attached hydrogen (secondary N) is 4. The van der Waals surface area contributed by atoms with Crippen molar-refractivity contribution in [2.75, 3.05) is 69.3 Å². The molecule has 0 saturated carbocycles. The van der Waals surface area contributed by atoms with Crippen molar-refractivity contribution in [2.45, 2.75) is 63.4 Å². The van der Waals surface area contributed by atoms with Crippen LogP contribution in [0.3, 0.4) is 0 Å². The van der Waals surface area contributed by atoms with E-state index in [4.69, 9.17) is 24.4 Å². The second kappa shape index (κ2) is 18.0. The van der Waals surface area contributed by atoms with Crippen LogP contribution in [0.4, 0.5) is 11.8 Å². The van der Waals surface area contributed by atoms with E-state index in [9.17, 15) is 19.8 Å². The van der Waals surface area contributed by atoms with Gasteiger partial charge >= 0.3 is 0 Å². The lowest BCUT2D eigenvalue weighted by Crippen LogP contribution is -2.42. The Morgan fingerprint density at radius 3 is 2.10 bits per heavy atom. The van der Waals surface area contributed by atoms with Gasteiger partial charge in [0.05, 0.1) is 55.6 Å². The SMILES string of the molecule is O=C(CCc1nc2c(C3CN(c4nc(NC5COC5)cc(C(=O)NC[C@H](O)CN5Cc6ccccc6C5)n4)CCO3)cccc2[nH]1)NCC(O)CN1Cc2ccccc2C1. The monoisotopic (exact) mass is 816 g/mol. The van der Waals surface area contributed by atoms with E-state index >= 15 is 0 Å². The van der Waals surface area contributed by atoms with Gasteiger partial charge in [-0.05, 0) is 28.3 Å². The van der Waals surface area contributed by atoms with E-state index in [2.05, 4.69) is 55.0 Å². The number of nitrogens with zero attached hydrogens (tertiary/aromatic N) is 6. The third-order valence-corrected chi connectivity index (χ3v) is 11.6. The van der Waals surface area contributed by atoms with Crippen molar-refractivity contribution in [1.82, 2.24) is 40.4 Å². The number of aliphatic hydroxyl groups excluding tert-OH is 2. The van der Waals surface area contributed by atoms with Gasteiger partial charge in [0, 0.05) is 83.4 Å². The van der Waals surface area contributed by atoms with Crippen molar-refractivity contribution in [3.8, 4) is 0 Å². The van der Waals surface area contributed by atoms with Crippen LogP contribution in [0.2, 0.25) is 0 Å². The molecule has 2 aromatic heterocycles. The summed E-state index contributed by atoms with van der Waals surface area (Å²) < 4.78 is 11.7. The number of imidazole rings is 1. The number of para-hydroxylation sites is 1. The summed E-state index contributed by atoms with van der Waals surface area (Å²) in [6, 6.07) is 24.2. The zero-order valence-electron chi connectivity index (χ0n) is 33.6. The van der Waals surface area contributed by atoms with Crippen LogP contribution in [0.25, 0.3) is 11.0 Å². The normalized spacial score (nSPS) is 19.1. The molecular formula is C44H52N10O6. The predicted molar refractivity (Wildman–Crippen MR) is 224 cm³/mol. The number of aromatic nitrogens is 4. The maximum absolute atomic E-state index is 13.5. The summed E-state index contributed by atoms with van der Waals surface area (Å²) in [7, 11) is 0. The number of carbonyl (C=O) groups is 2. The number of morpholine rings is 1. The molecule has 5 aromatic rings. The topological polar surface area (TPSA) is 193 Å². The Kier molecular flexibility index (Phi) is 12.0. The number of amides is 2. The molecule has 4 aliphatic rings. The van der Waals surface area contributed by atoms with Crippen LogP contribution >= 0.6 is 0 Å². The molecule has 4 aliphatic heterocycles. The summed E-state index contributed by atoms with van der Waals surface area (Å²) in [4.78, 5) is 50.5. The summed E-state index contributed by atoms with van der Waals surface area (Å²) in [6.45, 7) is 6.78. The quantitative estimate of drug-likeness (QED) is 0.0851. The number of benzene rings is 3. The molecule has 6 heterocycles. The van der Waals surface area contributed by atoms with Crippen molar-refractivity contribution < 1.29 is 29.3 Å². The molecule has 3 atom stereocenters. The Labute approximate surface area is 348 Å². The van der Waals surface area contributed by atoms with Gasteiger partial charge in [-0.2, -0.15) is 4.98 Å². The number of fused-ring (bicyclic) bond motifs is 3. The minimum absolute atomic E-state index is 0.0791. The molecule has 314 valence electrons. The van der Waals surface area contributed by atoms with E-state index in [0.29, 0.717) is 70.0 Å². The summed E-state index contributed by atoms with van der Waals surface area (Å²) in [5.74, 6) is 1.05. The lowest BCUT2D eigenvalue weighted by molar-refractivity contribution is -0.121. The highest BCUT2D eigenvalue weighted by Gasteiger charge is 2.29. The fraction of sp³-hybridized carbons (Fsp3) is 0.432. The maximum atomic E-state index is 13.5. The first-order valence-electron chi connectivity index (χ1n) is 20.9. The number of ether oxygens (including phenoxy) is 2. The van der Waals surface area contributed by atoms with Crippen molar-refractivity contribution in [3.63, 3.8) is 0 Å². The molecule has 16 nitrogen and oxygen atoms in total. The number of anilines is 2. The number of H-pyrrole nitrogens is 1. The van der Waals surface area contributed by atoms with Crippen molar-refractivity contribution in [2.24, 2.45) is 0 Å². The van der Waals surface area contributed by atoms with Gasteiger partial charge in [-0.1, -0.05) is 60.7 Å². The molecule has 0 spiro atoms. The van der Waals surface area contributed by atoms with Crippen LogP contribution in [-0.4, -0.2) is 129 Å². The van der Waals surface area contributed by atoms with E-state index in [0.717, 1.165) is 42.8 Å². The van der Waals surface area contributed by atoms with Gasteiger partial charge in [0.15, 0.2) is 0 Å². The molecule has 0 bridgehead atoms. The van der Waals surface area contributed by atoms with Crippen LogP contribution in [0.5, 0.6) is 0 Å². The molecular weight excluding hydrogens is 765 g/mol. The van der Waals surface area contributed by atoms with Gasteiger partial charge in [-0.15, -0.1) is 0 Å². The fourth-order valence-electron chi connectivity index (χ4n) is 8.44.